The minimum Gasteiger partial charge on any atom is -0.369 e. The largest absolute Gasteiger partial charge is 0.369 e. The highest BCUT2D eigenvalue weighted by atomic mass is 32.2. The number of nitrogen functional groups attached to an aromatic ring is 1. The van der Waals surface area contributed by atoms with Crippen LogP contribution in [-0.2, 0) is 5.75 Å². The Balaban J connectivity index is 1.82. The lowest BCUT2D eigenvalue weighted by Crippen LogP contribution is -2.14. The molecule has 1 aliphatic rings. The monoisotopic (exact) mass is 277 g/mol. The molecule has 1 fully saturated rings. The maximum atomic E-state index is 11.6. The van der Waals surface area contributed by atoms with E-state index >= 15 is 0 Å². The van der Waals surface area contributed by atoms with Crippen molar-refractivity contribution in [3.8, 4) is 0 Å². The number of anilines is 1. The molecule has 0 aromatic carbocycles. The molecule has 0 spiro atoms. The minimum absolute atomic E-state index is 0.0763. The summed E-state index contributed by atoms with van der Waals surface area (Å²) in [6.07, 6.45) is 6.88. The van der Waals surface area contributed by atoms with Gasteiger partial charge < -0.3 is 5.73 Å². The lowest BCUT2D eigenvalue weighted by Gasteiger charge is -2.07. The predicted molar refractivity (Wildman–Crippen MR) is 75.9 cm³/mol. The second kappa shape index (κ2) is 5.16. The molecular formula is C12H15N5OS. The highest BCUT2D eigenvalue weighted by Crippen LogP contribution is 2.31. The van der Waals surface area contributed by atoms with Crippen LogP contribution in [0.3, 0.4) is 0 Å². The summed E-state index contributed by atoms with van der Waals surface area (Å²) < 4.78 is 0. The van der Waals surface area contributed by atoms with Gasteiger partial charge in [-0.1, -0.05) is 12.8 Å². The van der Waals surface area contributed by atoms with E-state index in [2.05, 4.69) is 19.9 Å². The molecule has 19 heavy (non-hydrogen) atoms. The Hall–Kier alpha value is -1.63. The van der Waals surface area contributed by atoms with Gasteiger partial charge in [-0.2, -0.15) is 16.7 Å². The number of hydrogen-bond acceptors (Lipinski definition) is 6. The van der Waals surface area contributed by atoms with Crippen LogP contribution in [0.4, 0.5) is 5.95 Å². The van der Waals surface area contributed by atoms with Gasteiger partial charge in [0.2, 0.25) is 5.95 Å². The molecule has 3 N–H and O–H groups in total. The molecule has 2 aromatic rings. The van der Waals surface area contributed by atoms with E-state index in [1.54, 1.807) is 6.20 Å². The van der Waals surface area contributed by atoms with Gasteiger partial charge in [0.1, 0.15) is 0 Å². The van der Waals surface area contributed by atoms with E-state index < -0.39 is 0 Å². The number of hydrogen-bond donors (Lipinski definition) is 2. The minimum atomic E-state index is -0.343. The molecular weight excluding hydrogens is 262 g/mol. The fraction of sp³-hybridized carbons (Fsp3) is 0.500. The van der Waals surface area contributed by atoms with Gasteiger partial charge in [-0.05, 0) is 12.8 Å². The summed E-state index contributed by atoms with van der Waals surface area (Å²) in [6, 6.07) is 0. The first-order chi connectivity index (χ1) is 9.22. The van der Waals surface area contributed by atoms with E-state index in [1.165, 1.54) is 25.7 Å². The number of aromatic amines is 1. The van der Waals surface area contributed by atoms with Crippen LogP contribution in [0, 0.1) is 0 Å². The summed E-state index contributed by atoms with van der Waals surface area (Å²) in [6.45, 7) is 0. The number of rotatable bonds is 3. The molecule has 0 atom stereocenters. The van der Waals surface area contributed by atoms with Crippen LogP contribution in [0.5, 0.6) is 0 Å². The van der Waals surface area contributed by atoms with E-state index in [-0.39, 0.29) is 17.0 Å². The molecule has 2 heterocycles. The van der Waals surface area contributed by atoms with Gasteiger partial charge in [0, 0.05) is 11.0 Å². The zero-order valence-electron chi connectivity index (χ0n) is 10.4. The first kappa shape index (κ1) is 12.4. The topological polar surface area (TPSA) is 97.5 Å². The Bertz CT molecular complexity index is 650. The number of H-pyrrole nitrogens is 1. The summed E-state index contributed by atoms with van der Waals surface area (Å²) in [5.41, 5.74) is 6.58. The molecule has 0 aliphatic heterocycles. The highest BCUT2D eigenvalue weighted by Gasteiger charge is 2.16. The Morgan fingerprint density at radius 3 is 2.95 bits per heavy atom. The molecule has 6 nitrogen and oxygen atoms in total. The van der Waals surface area contributed by atoms with Crippen LogP contribution >= 0.6 is 11.8 Å². The standard InChI is InChI=1S/C12H15N5OS/c13-12-16-10-9(11(18)17-12)14-5-7(15-10)6-19-8-3-1-2-4-8/h5,8H,1-4,6H2,(H3,13,15,16,17,18). The number of aromatic nitrogens is 4. The van der Waals surface area contributed by atoms with E-state index in [0.29, 0.717) is 5.65 Å². The number of nitrogens with two attached hydrogens (primary N) is 1. The van der Waals surface area contributed by atoms with E-state index in [0.717, 1.165) is 16.7 Å². The lowest BCUT2D eigenvalue weighted by atomic mass is 10.4. The fourth-order valence-corrected chi connectivity index (χ4v) is 3.51. The summed E-state index contributed by atoms with van der Waals surface area (Å²) in [5.74, 6) is 0.884. The number of nitrogens with zero attached hydrogens (tertiary/aromatic N) is 3. The molecule has 100 valence electrons. The van der Waals surface area contributed by atoms with Gasteiger partial charge in [0.05, 0.1) is 11.9 Å². The molecule has 1 aliphatic carbocycles. The zero-order valence-corrected chi connectivity index (χ0v) is 11.2. The highest BCUT2D eigenvalue weighted by molar-refractivity contribution is 7.99. The average molecular weight is 277 g/mol. The van der Waals surface area contributed by atoms with Gasteiger partial charge in [-0.25, -0.2) is 9.97 Å². The summed E-state index contributed by atoms with van der Waals surface area (Å²) in [7, 11) is 0. The van der Waals surface area contributed by atoms with Gasteiger partial charge >= 0.3 is 0 Å². The van der Waals surface area contributed by atoms with E-state index in [9.17, 15) is 4.79 Å². The van der Waals surface area contributed by atoms with Crippen molar-refractivity contribution in [2.75, 3.05) is 5.73 Å². The zero-order chi connectivity index (χ0) is 13.2. The van der Waals surface area contributed by atoms with Crippen LogP contribution < -0.4 is 11.3 Å². The van der Waals surface area contributed by atoms with Crippen LogP contribution in [0.25, 0.3) is 11.2 Å². The van der Waals surface area contributed by atoms with Crippen molar-refractivity contribution in [3.05, 3.63) is 22.2 Å². The maximum absolute atomic E-state index is 11.6. The van der Waals surface area contributed by atoms with Crippen LogP contribution in [0.15, 0.2) is 11.0 Å². The fourth-order valence-electron chi connectivity index (χ4n) is 2.30. The van der Waals surface area contributed by atoms with Crippen LogP contribution in [-0.4, -0.2) is 25.2 Å². The van der Waals surface area contributed by atoms with Crippen molar-refractivity contribution in [1.29, 1.82) is 0 Å². The third-order valence-electron chi connectivity index (χ3n) is 3.26. The van der Waals surface area contributed by atoms with Gasteiger partial charge in [-0.3, -0.25) is 9.78 Å². The third-order valence-corrected chi connectivity index (χ3v) is 4.66. The Morgan fingerprint density at radius 2 is 2.16 bits per heavy atom. The SMILES string of the molecule is Nc1nc2nc(CSC3CCCC3)cnc2c(=O)[nH]1. The molecule has 1 saturated carbocycles. The lowest BCUT2D eigenvalue weighted by molar-refractivity contribution is 0.886. The first-order valence-electron chi connectivity index (χ1n) is 6.35. The normalized spacial score (nSPS) is 16.2. The molecule has 0 radical (unpaired) electrons. The molecule has 7 heteroatoms. The van der Waals surface area contributed by atoms with Crippen LogP contribution in [0.1, 0.15) is 31.4 Å². The van der Waals surface area contributed by atoms with Gasteiger partial charge in [0.15, 0.2) is 11.2 Å². The quantitative estimate of drug-likeness (QED) is 0.881. The molecule has 3 rings (SSSR count). The molecule has 0 unspecified atom stereocenters. The second-order valence-electron chi connectivity index (χ2n) is 4.70. The molecule has 0 saturated heterocycles. The van der Waals surface area contributed by atoms with Gasteiger partial charge in [0.25, 0.3) is 5.56 Å². The average Bonchev–Trinajstić information content (AvgIpc) is 2.88. The van der Waals surface area contributed by atoms with Crippen molar-refractivity contribution >= 4 is 28.9 Å². The maximum Gasteiger partial charge on any atom is 0.280 e. The number of fused-ring (bicyclic) bond motifs is 1. The third kappa shape index (κ3) is 2.70. The predicted octanol–water partition coefficient (Wildman–Crippen LogP) is 1.47. The van der Waals surface area contributed by atoms with Crippen molar-refractivity contribution in [1.82, 2.24) is 19.9 Å². The van der Waals surface area contributed by atoms with Crippen molar-refractivity contribution in [3.63, 3.8) is 0 Å². The van der Waals surface area contributed by atoms with Crippen molar-refractivity contribution in [2.24, 2.45) is 0 Å². The Labute approximate surface area is 114 Å². The summed E-state index contributed by atoms with van der Waals surface area (Å²) in [4.78, 5) is 26.5. The Morgan fingerprint density at radius 1 is 1.37 bits per heavy atom. The summed E-state index contributed by atoms with van der Waals surface area (Å²) >= 11 is 1.91. The number of nitrogens with one attached hydrogen (secondary N) is 1. The van der Waals surface area contributed by atoms with Crippen LogP contribution in [0.2, 0.25) is 0 Å². The van der Waals surface area contributed by atoms with Gasteiger partial charge in [-0.15, -0.1) is 0 Å². The molecule has 2 aromatic heterocycles. The van der Waals surface area contributed by atoms with E-state index in [1.807, 2.05) is 11.8 Å². The van der Waals surface area contributed by atoms with E-state index in [4.69, 9.17) is 5.73 Å². The summed E-state index contributed by atoms with van der Waals surface area (Å²) in [5, 5.41) is 0.731. The Kier molecular flexibility index (Phi) is 3.37. The van der Waals surface area contributed by atoms with Crippen molar-refractivity contribution < 1.29 is 0 Å². The van der Waals surface area contributed by atoms with Crippen molar-refractivity contribution in [2.45, 2.75) is 36.7 Å². The smallest absolute Gasteiger partial charge is 0.280 e. The second-order valence-corrected chi connectivity index (χ2v) is 5.99. The molecule has 0 bridgehead atoms. The molecule has 0 amide bonds. The first-order valence-corrected chi connectivity index (χ1v) is 7.40. The number of thioether (sulfide) groups is 1.